The second kappa shape index (κ2) is 14.4. The van der Waals surface area contributed by atoms with E-state index in [9.17, 15) is 19.2 Å². The molecule has 0 unspecified atom stereocenters. The van der Waals surface area contributed by atoms with E-state index in [-0.39, 0.29) is 36.7 Å². The van der Waals surface area contributed by atoms with Crippen LogP contribution in [0.5, 0.6) is 0 Å². The summed E-state index contributed by atoms with van der Waals surface area (Å²) in [7, 11) is 3.96. The van der Waals surface area contributed by atoms with Gasteiger partial charge in [-0.05, 0) is 83.0 Å². The number of anilines is 1. The Hall–Kier alpha value is -5.43. The largest absolute Gasteiger partial charge is 0.384 e. The van der Waals surface area contributed by atoms with Crippen LogP contribution in [-0.2, 0) is 0 Å². The van der Waals surface area contributed by atoms with Crippen LogP contribution < -0.4 is 11.1 Å². The molecule has 7 rings (SSSR count). The standard InChI is InChI=1S/C39H42N8O4/c1-43(21-23-46-36(48)28-9-3-7-26-32(42-16-5-15-40)13-11-30(34(26)28)38(46)50)18-6-19-44(2)22-24-47-37(49)29-10-4-8-27-33(45-20-17-41-25-45)14-12-31(35(27)29)39(47)51/h3-4,7-14,17,20,25,42H,5-6,15-16,18-19,21-24,40H2,1-2H3. The van der Waals surface area contributed by atoms with Crippen molar-refractivity contribution in [1.29, 1.82) is 0 Å². The molecule has 0 spiro atoms. The quantitative estimate of drug-likeness (QED) is 0.123. The molecule has 2 aliphatic heterocycles. The van der Waals surface area contributed by atoms with Gasteiger partial charge < -0.3 is 25.4 Å². The summed E-state index contributed by atoms with van der Waals surface area (Å²) in [6.45, 7) is 4.43. The normalized spacial score (nSPS) is 14.2. The first-order chi connectivity index (χ1) is 24.8. The van der Waals surface area contributed by atoms with Crippen LogP contribution in [0.4, 0.5) is 5.69 Å². The lowest BCUT2D eigenvalue weighted by Crippen LogP contribution is -2.45. The maximum atomic E-state index is 13.6. The van der Waals surface area contributed by atoms with Crippen molar-refractivity contribution in [2.45, 2.75) is 12.8 Å². The van der Waals surface area contributed by atoms with Crippen molar-refractivity contribution in [2.75, 3.05) is 71.8 Å². The van der Waals surface area contributed by atoms with E-state index >= 15 is 0 Å². The maximum absolute atomic E-state index is 13.6. The Morgan fingerprint density at radius 1 is 0.667 bits per heavy atom. The third-order valence-corrected chi connectivity index (χ3v) is 9.93. The fraction of sp³-hybridized carbons (Fsp3) is 0.308. The minimum absolute atomic E-state index is 0.273. The number of nitrogens with two attached hydrogens (primary N) is 1. The number of hydrogen-bond donors (Lipinski definition) is 2. The zero-order valence-electron chi connectivity index (χ0n) is 29.0. The molecule has 0 aliphatic carbocycles. The molecular weight excluding hydrogens is 644 g/mol. The Labute approximate surface area is 296 Å². The van der Waals surface area contributed by atoms with Gasteiger partial charge in [0.25, 0.3) is 23.6 Å². The lowest BCUT2D eigenvalue weighted by Gasteiger charge is -2.30. The molecule has 51 heavy (non-hydrogen) atoms. The summed E-state index contributed by atoms with van der Waals surface area (Å²) in [6, 6.07) is 18.6. The van der Waals surface area contributed by atoms with Gasteiger partial charge in [0.2, 0.25) is 0 Å². The van der Waals surface area contributed by atoms with E-state index < -0.39 is 0 Å². The van der Waals surface area contributed by atoms with Crippen LogP contribution in [0, 0.1) is 0 Å². The van der Waals surface area contributed by atoms with Crippen LogP contribution in [0.25, 0.3) is 27.2 Å². The van der Waals surface area contributed by atoms with Gasteiger partial charge in [0, 0.05) is 94.6 Å². The molecule has 0 saturated carbocycles. The van der Waals surface area contributed by atoms with E-state index in [1.54, 1.807) is 36.8 Å². The van der Waals surface area contributed by atoms with Crippen molar-refractivity contribution in [3.63, 3.8) is 0 Å². The Kier molecular flexibility index (Phi) is 9.63. The van der Waals surface area contributed by atoms with Crippen LogP contribution in [-0.4, -0.2) is 119 Å². The Bertz CT molecular complexity index is 2100. The van der Waals surface area contributed by atoms with Gasteiger partial charge >= 0.3 is 0 Å². The fourth-order valence-electron chi connectivity index (χ4n) is 7.16. The van der Waals surface area contributed by atoms with Gasteiger partial charge in [-0.15, -0.1) is 0 Å². The minimum Gasteiger partial charge on any atom is -0.384 e. The van der Waals surface area contributed by atoms with Crippen molar-refractivity contribution in [1.82, 2.24) is 29.2 Å². The Balaban J connectivity index is 0.911. The van der Waals surface area contributed by atoms with Gasteiger partial charge in [-0.2, -0.15) is 0 Å². The number of benzene rings is 4. The van der Waals surface area contributed by atoms with Gasteiger partial charge in [-0.25, -0.2) is 4.98 Å². The third kappa shape index (κ3) is 6.37. The number of carbonyl (C=O) groups excluding carboxylic acids is 4. The summed E-state index contributed by atoms with van der Waals surface area (Å²) in [6.07, 6.45) is 6.89. The zero-order chi connectivity index (χ0) is 35.6. The average Bonchev–Trinajstić information content (AvgIpc) is 3.68. The van der Waals surface area contributed by atoms with Gasteiger partial charge in [-0.3, -0.25) is 29.0 Å². The summed E-state index contributed by atoms with van der Waals surface area (Å²) in [5, 5.41) is 6.46. The topological polar surface area (TPSA) is 137 Å². The summed E-state index contributed by atoms with van der Waals surface area (Å²) in [5.41, 5.74) is 9.53. The molecule has 12 heteroatoms. The number of imidazole rings is 1. The molecule has 3 N–H and O–H groups in total. The number of nitrogens with one attached hydrogen (secondary N) is 1. The van der Waals surface area contributed by atoms with Crippen molar-refractivity contribution >= 4 is 50.9 Å². The van der Waals surface area contributed by atoms with E-state index in [1.165, 1.54) is 9.80 Å². The number of hydrogen-bond acceptors (Lipinski definition) is 9. The minimum atomic E-state index is -0.283. The predicted octanol–water partition coefficient (Wildman–Crippen LogP) is 4.09. The number of carbonyl (C=O) groups is 4. The monoisotopic (exact) mass is 686 g/mol. The highest BCUT2D eigenvalue weighted by atomic mass is 16.2. The summed E-state index contributed by atoms with van der Waals surface area (Å²) < 4.78 is 1.88. The molecule has 262 valence electrons. The van der Waals surface area contributed by atoms with E-state index in [2.05, 4.69) is 20.1 Å². The summed E-state index contributed by atoms with van der Waals surface area (Å²) >= 11 is 0. The van der Waals surface area contributed by atoms with Gasteiger partial charge in [0.1, 0.15) is 0 Å². The van der Waals surface area contributed by atoms with E-state index in [0.29, 0.717) is 59.2 Å². The van der Waals surface area contributed by atoms with Crippen LogP contribution in [0.3, 0.4) is 0 Å². The van der Waals surface area contributed by atoms with Gasteiger partial charge in [0.05, 0.1) is 12.0 Å². The first-order valence-corrected chi connectivity index (χ1v) is 17.4. The fourth-order valence-corrected chi connectivity index (χ4v) is 7.16. The number of imide groups is 2. The molecule has 2 aliphatic rings. The molecule has 4 amide bonds. The summed E-state index contributed by atoms with van der Waals surface area (Å²) in [4.78, 5) is 65.2. The highest BCUT2D eigenvalue weighted by molar-refractivity contribution is 6.27. The van der Waals surface area contributed by atoms with Crippen LogP contribution in [0.2, 0.25) is 0 Å². The number of aromatic nitrogens is 2. The molecule has 0 fully saturated rings. The molecule has 3 heterocycles. The molecule has 0 bridgehead atoms. The molecular formula is C39H42N8O4. The van der Waals surface area contributed by atoms with E-state index in [1.807, 2.05) is 61.3 Å². The number of amides is 4. The molecule has 0 radical (unpaired) electrons. The van der Waals surface area contributed by atoms with Crippen molar-refractivity contribution in [2.24, 2.45) is 5.73 Å². The molecule has 1 aromatic heterocycles. The van der Waals surface area contributed by atoms with Gasteiger partial charge in [-0.1, -0.05) is 24.3 Å². The van der Waals surface area contributed by atoms with Gasteiger partial charge in [0.15, 0.2) is 0 Å². The number of rotatable bonds is 15. The van der Waals surface area contributed by atoms with E-state index in [0.717, 1.165) is 48.1 Å². The second-order valence-corrected chi connectivity index (χ2v) is 13.3. The lowest BCUT2D eigenvalue weighted by molar-refractivity contribution is 0.0585. The highest BCUT2D eigenvalue weighted by Gasteiger charge is 2.34. The summed E-state index contributed by atoms with van der Waals surface area (Å²) in [5.74, 6) is -1.11. The third-order valence-electron chi connectivity index (χ3n) is 9.93. The average molecular weight is 687 g/mol. The first-order valence-electron chi connectivity index (χ1n) is 17.4. The molecule has 4 aromatic carbocycles. The number of likely N-dealkylation sites (N-methyl/N-ethyl adjacent to an activating group) is 2. The molecule has 0 saturated heterocycles. The highest BCUT2D eigenvalue weighted by Crippen LogP contribution is 2.35. The van der Waals surface area contributed by atoms with Crippen molar-refractivity contribution in [3.8, 4) is 5.69 Å². The van der Waals surface area contributed by atoms with Crippen molar-refractivity contribution < 1.29 is 19.2 Å². The molecule has 5 aromatic rings. The number of nitrogens with zero attached hydrogens (tertiary/aromatic N) is 6. The SMILES string of the molecule is CN(CCCN(C)CCN1C(=O)c2cccc3c(-n4ccnc4)ccc(c23)C1=O)CCN1C(=O)c2cccc3c(NCCCN)ccc(c23)C1=O. The zero-order valence-corrected chi connectivity index (χ0v) is 29.0. The predicted molar refractivity (Wildman–Crippen MR) is 198 cm³/mol. The van der Waals surface area contributed by atoms with Crippen molar-refractivity contribution in [3.05, 3.63) is 102 Å². The van der Waals surface area contributed by atoms with Crippen LogP contribution in [0.1, 0.15) is 54.3 Å². The Morgan fingerprint density at radius 3 is 1.78 bits per heavy atom. The Morgan fingerprint density at radius 2 is 1.22 bits per heavy atom. The maximum Gasteiger partial charge on any atom is 0.261 e. The van der Waals surface area contributed by atoms with E-state index in [4.69, 9.17) is 5.73 Å². The molecule has 0 atom stereocenters. The van der Waals surface area contributed by atoms with Crippen LogP contribution in [0.15, 0.2) is 79.4 Å². The molecule has 12 nitrogen and oxygen atoms in total. The van der Waals surface area contributed by atoms with Crippen LogP contribution >= 0.6 is 0 Å². The second-order valence-electron chi connectivity index (χ2n) is 13.3. The smallest absolute Gasteiger partial charge is 0.261 e. The first kappa shape index (κ1) is 34.0. The lowest BCUT2D eigenvalue weighted by atomic mass is 9.93.